The second-order valence-electron chi connectivity index (χ2n) is 4.30. The van der Waals surface area contributed by atoms with Crippen molar-refractivity contribution in [2.45, 2.75) is 31.5 Å². The summed E-state index contributed by atoms with van der Waals surface area (Å²) in [4.78, 5) is 4.31. The van der Waals surface area contributed by atoms with E-state index in [1.54, 1.807) is 30.6 Å². The maximum absolute atomic E-state index is 12.2. The number of aromatic nitrogens is 2. The van der Waals surface area contributed by atoms with Gasteiger partial charge in [-0.1, -0.05) is 6.07 Å². The normalized spacial score (nSPS) is 11.7. The average molecular weight is 294 g/mol. The van der Waals surface area contributed by atoms with Crippen LogP contribution in [0.4, 0.5) is 0 Å². The van der Waals surface area contributed by atoms with Crippen molar-refractivity contribution in [3.8, 4) is 0 Å². The maximum atomic E-state index is 12.2. The lowest BCUT2D eigenvalue weighted by Gasteiger charge is -2.04. The lowest BCUT2D eigenvalue weighted by molar-refractivity contribution is 0.580. The molecule has 108 valence electrons. The summed E-state index contributed by atoms with van der Waals surface area (Å²) >= 11 is 0. The summed E-state index contributed by atoms with van der Waals surface area (Å²) in [7, 11) is -3.55. The molecule has 2 aromatic heterocycles. The van der Waals surface area contributed by atoms with Crippen LogP contribution in [0.5, 0.6) is 0 Å². The van der Waals surface area contributed by atoms with Crippen LogP contribution in [0.25, 0.3) is 0 Å². The fourth-order valence-electron chi connectivity index (χ4n) is 1.89. The van der Waals surface area contributed by atoms with Crippen LogP contribution >= 0.6 is 0 Å². The topological polar surface area (TPSA) is 90.0 Å². The largest absolute Gasteiger partial charge is 0.349 e. The number of aryl methyl sites for hydroxylation is 1. The van der Waals surface area contributed by atoms with E-state index >= 15 is 0 Å². The fourth-order valence-corrected chi connectivity index (χ4v) is 2.96. The molecule has 0 aliphatic rings. The highest BCUT2D eigenvalue weighted by molar-refractivity contribution is 7.89. The number of hydrogen-bond donors (Lipinski definition) is 2. The van der Waals surface area contributed by atoms with Crippen LogP contribution in [0, 0.1) is 0 Å². The molecule has 2 rings (SSSR count). The zero-order valence-electron chi connectivity index (χ0n) is 11.3. The van der Waals surface area contributed by atoms with Crippen molar-refractivity contribution in [1.82, 2.24) is 14.3 Å². The summed E-state index contributed by atoms with van der Waals surface area (Å²) in [6.45, 7) is 3.10. The first-order valence-corrected chi connectivity index (χ1v) is 7.84. The van der Waals surface area contributed by atoms with Gasteiger partial charge in [0.2, 0.25) is 10.0 Å². The zero-order valence-corrected chi connectivity index (χ0v) is 12.1. The quantitative estimate of drug-likeness (QED) is 0.826. The Morgan fingerprint density at radius 3 is 2.75 bits per heavy atom. The molecule has 0 amide bonds. The van der Waals surface area contributed by atoms with Gasteiger partial charge >= 0.3 is 0 Å². The second kappa shape index (κ2) is 6.17. The van der Waals surface area contributed by atoms with Crippen LogP contribution in [-0.2, 0) is 29.7 Å². The number of hydrogen-bond acceptors (Lipinski definition) is 4. The first-order valence-electron chi connectivity index (χ1n) is 6.35. The third-order valence-electron chi connectivity index (χ3n) is 2.99. The zero-order chi connectivity index (χ0) is 14.6. The highest BCUT2D eigenvalue weighted by atomic mass is 32.2. The van der Waals surface area contributed by atoms with Gasteiger partial charge in [0, 0.05) is 31.2 Å². The van der Waals surface area contributed by atoms with Crippen molar-refractivity contribution in [2.75, 3.05) is 0 Å². The van der Waals surface area contributed by atoms with Crippen LogP contribution < -0.4 is 10.5 Å². The van der Waals surface area contributed by atoms with Gasteiger partial charge in [0.25, 0.3) is 0 Å². The molecule has 2 heterocycles. The van der Waals surface area contributed by atoms with E-state index in [9.17, 15) is 8.42 Å². The minimum atomic E-state index is -3.55. The van der Waals surface area contributed by atoms with E-state index in [2.05, 4.69) is 9.71 Å². The standard InChI is InChI=1S/C13H18N4O2S/c1-2-17-10-13(7-12(17)8-14)20(18,19)16-9-11-5-3-4-6-15-11/h3-7,10,16H,2,8-9,14H2,1H3. The van der Waals surface area contributed by atoms with Gasteiger partial charge in [-0.25, -0.2) is 13.1 Å². The Hall–Kier alpha value is -1.70. The van der Waals surface area contributed by atoms with Crippen molar-refractivity contribution in [1.29, 1.82) is 0 Å². The average Bonchev–Trinajstić information content (AvgIpc) is 2.90. The molecule has 0 aliphatic heterocycles. The third-order valence-corrected chi connectivity index (χ3v) is 4.36. The number of nitrogens with two attached hydrogens (primary N) is 1. The molecule has 0 spiro atoms. The summed E-state index contributed by atoms with van der Waals surface area (Å²) in [5, 5.41) is 0. The fraction of sp³-hybridized carbons (Fsp3) is 0.308. The molecule has 7 heteroatoms. The highest BCUT2D eigenvalue weighted by Crippen LogP contribution is 2.14. The van der Waals surface area contributed by atoms with Crippen LogP contribution in [0.3, 0.4) is 0 Å². The van der Waals surface area contributed by atoms with Crippen LogP contribution in [0.1, 0.15) is 18.3 Å². The molecule has 0 saturated heterocycles. The van der Waals surface area contributed by atoms with Gasteiger partial charge in [0.15, 0.2) is 0 Å². The van der Waals surface area contributed by atoms with Crippen LogP contribution in [-0.4, -0.2) is 18.0 Å². The minimum absolute atomic E-state index is 0.165. The number of pyridine rings is 1. The van der Waals surface area contributed by atoms with E-state index in [1.807, 2.05) is 17.6 Å². The first-order chi connectivity index (χ1) is 9.56. The molecule has 0 saturated carbocycles. The lowest BCUT2D eigenvalue weighted by Crippen LogP contribution is -2.23. The summed E-state index contributed by atoms with van der Waals surface area (Å²) in [5.41, 5.74) is 7.07. The predicted molar refractivity (Wildman–Crippen MR) is 76.3 cm³/mol. The third kappa shape index (κ3) is 3.24. The van der Waals surface area contributed by atoms with Gasteiger partial charge in [-0.15, -0.1) is 0 Å². The predicted octanol–water partition coefficient (Wildman–Crippen LogP) is 0.840. The van der Waals surface area contributed by atoms with E-state index in [0.717, 1.165) is 5.69 Å². The molecule has 2 aromatic rings. The number of nitrogens with zero attached hydrogens (tertiary/aromatic N) is 2. The van der Waals surface area contributed by atoms with Crippen molar-refractivity contribution in [3.05, 3.63) is 48.0 Å². The molecule has 3 N–H and O–H groups in total. The Balaban J connectivity index is 2.16. The lowest BCUT2D eigenvalue weighted by atomic mass is 10.4. The van der Waals surface area contributed by atoms with E-state index in [0.29, 0.717) is 18.8 Å². The minimum Gasteiger partial charge on any atom is -0.349 e. The van der Waals surface area contributed by atoms with Crippen molar-refractivity contribution in [2.24, 2.45) is 5.73 Å². The van der Waals surface area contributed by atoms with Crippen molar-refractivity contribution in [3.63, 3.8) is 0 Å². The summed E-state index contributed by atoms with van der Waals surface area (Å²) < 4.78 is 28.8. The molecule has 6 nitrogen and oxygen atoms in total. The molecular weight excluding hydrogens is 276 g/mol. The summed E-state index contributed by atoms with van der Waals surface area (Å²) in [6, 6.07) is 6.97. The van der Waals surface area contributed by atoms with Crippen LogP contribution in [0.2, 0.25) is 0 Å². The Morgan fingerprint density at radius 1 is 1.40 bits per heavy atom. The molecule has 0 aromatic carbocycles. The molecule has 0 radical (unpaired) electrons. The number of sulfonamides is 1. The van der Waals surface area contributed by atoms with Gasteiger partial charge < -0.3 is 10.3 Å². The monoisotopic (exact) mass is 294 g/mol. The molecular formula is C13H18N4O2S. The van der Waals surface area contributed by atoms with E-state index < -0.39 is 10.0 Å². The molecule has 0 fully saturated rings. The van der Waals surface area contributed by atoms with Crippen LogP contribution in [0.15, 0.2) is 41.6 Å². The number of nitrogens with one attached hydrogen (secondary N) is 1. The van der Waals surface area contributed by atoms with Gasteiger partial charge in [-0.3, -0.25) is 4.98 Å². The maximum Gasteiger partial charge on any atom is 0.242 e. The van der Waals surface area contributed by atoms with Gasteiger partial charge in [-0.05, 0) is 25.1 Å². The Bertz CT molecular complexity index is 643. The summed E-state index contributed by atoms with van der Waals surface area (Å²) in [6.07, 6.45) is 3.23. The Morgan fingerprint density at radius 2 is 2.20 bits per heavy atom. The SMILES string of the molecule is CCn1cc(S(=O)(=O)NCc2ccccn2)cc1CN. The molecule has 0 aliphatic carbocycles. The van der Waals surface area contributed by atoms with E-state index in [4.69, 9.17) is 5.73 Å². The van der Waals surface area contributed by atoms with E-state index in [1.165, 1.54) is 0 Å². The Kier molecular flexibility index (Phi) is 4.53. The van der Waals surface area contributed by atoms with Crippen molar-refractivity contribution >= 4 is 10.0 Å². The summed E-state index contributed by atoms with van der Waals surface area (Å²) in [5.74, 6) is 0. The molecule has 0 bridgehead atoms. The molecule has 0 unspecified atom stereocenters. The molecule has 20 heavy (non-hydrogen) atoms. The van der Waals surface area contributed by atoms with Gasteiger partial charge in [-0.2, -0.15) is 0 Å². The van der Waals surface area contributed by atoms with Gasteiger partial charge in [0.05, 0.1) is 17.1 Å². The van der Waals surface area contributed by atoms with E-state index in [-0.39, 0.29) is 11.4 Å². The molecule has 0 atom stereocenters. The Labute approximate surface area is 118 Å². The van der Waals surface area contributed by atoms with Gasteiger partial charge in [0.1, 0.15) is 0 Å². The van der Waals surface area contributed by atoms with Crippen molar-refractivity contribution < 1.29 is 8.42 Å². The highest BCUT2D eigenvalue weighted by Gasteiger charge is 2.17. The second-order valence-corrected chi connectivity index (χ2v) is 6.07. The first kappa shape index (κ1) is 14.7. The number of rotatable bonds is 6. The smallest absolute Gasteiger partial charge is 0.242 e.